The van der Waals surface area contributed by atoms with Crippen molar-refractivity contribution in [2.24, 2.45) is 11.5 Å². The number of nitrogens with two attached hydrogens (primary N) is 2. The SMILES string of the molecule is COCCN1CCN(c2ccc(NC(=O)c3c(N/C(N)=C(C)/C=C\N)cc[nH]c3=O)cc2)CC1. The molecule has 0 radical (unpaired) electrons. The molecular weight excluding hydrogens is 434 g/mol. The molecule has 182 valence electrons. The van der Waals surface area contributed by atoms with Crippen molar-refractivity contribution in [1.29, 1.82) is 0 Å². The molecule has 0 aliphatic carbocycles. The number of allylic oxidation sites excluding steroid dienone is 2. The highest BCUT2D eigenvalue weighted by atomic mass is 16.5. The van der Waals surface area contributed by atoms with Crippen molar-refractivity contribution in [2.75, 3.05) is 62.0 Å². The van der Waals surface area contributed by atoms with E-state index in [-0.39, 0.29) is 11.4 Å². The van der Waals surface area contributed by atoms with Gasteiger partial charge in [-0.05, 0) is 55.1 Å². The van der Waals surface area contributed by atoms with Crippen LogP contribution in [0.2, 0.25) is 0 Å². The van der Waals surface area contributed by atoms with Crippen LogP contribution in [-0.4, -0.2) is 62.2 Å². The van der Waals surface area contributed by atoms with E-state index in [1.807, 2.05) is 24.3 Å². The first-order valence-corrected chi connectivity index (χ1v) is 11.1. The van der Waals surface area contributed by atoms with E-state index in [1.165, 1.54) is 12.4 Å². The normalized spacial score (nSPS) is 15.3. The van der Waals surface area contributed by atoms with Gasteiger partial charge in [-0.3, -0.25) is 14.5 Å². The fraction of sp³-hybridized carbons (Fsp3) is 0.333. The average Bonchev–Trinajstić information content (AvgIpc) is 2.83. The van der Waals surface area contributed by atoms with Gasteiger partial charge in [0, 0.05) is 57.4 Å². The highest BCUT2D eigenvalue weighted by molar-refractivity contribution is 6.07. The first-order chi connectivity index (χ1) is 16.4. The molecule has 1 saturated heterocycles. The second kappa shape index (κ2) is 11.9. The second-order valence-corrected chi connectivity index (χ2v) is 8.00. The number of rotatable bonds is 9. The Morgan fingerprint density at radius 2 is 1.85 bits per heavy atom. The zero-order valence-electron chi connectivity index (χ0n) is 19.6. The third-order valence-corrected chi connectivity index (χ3v) is 5.70. The van der Waals surface area contributed by atoms with Crippen molar-refractivity contribution in [2.45, 2.75) is 6.92 Å². The van der Waals surface area contributed by atoms with Gasteiger partial charge in [-0.1, -0.05) is 0 Å². The van der Waals surface area contributed by atoms with Gasteiger partial charge in [-0.2, -0.15) is 0 Å². The van der Waals surface area contributed by atoms with Crippen molar-refractivity contribution in [1.82, 2.24) is 9.88 Å². The molecule has 10 heteroatoms. The molecule has 2 aromatic rings. The fourth-order valence-corrected chi connectivity index (χ4v) is 3.69. The fourth-order valence-electron chi connectivity index (χ4n) is 3.69. The number of benzene rings is 1. The summed E-state index contributed by atoms with van der Waals surface area (Å²) in [4.78, 5) is 32.6. The largest absolute Gasteiger partial charge is 0.405 e. The van der Waals surface area contributed by atoms with Gasteiger partial charge in [0.1, 0.15) is 11.4 Å². The molecular formula is C24H33N7O3. The molecule has 1 aromatic heterocycles. The zero-order chi connectivity index (χ0) is 24.5. The van der Waals surface area contributed by atoms with E-state index < -0.39 is 11.5 Å². The number of nitrogens with zero attached hydrogens (tertiary/aromatic N) is 2. The Balaban J connectivity index is 1.68. The van der Waals surface area contributed by atoms with Crippen LogP contribution in [0.25, 0.3) is 0 Å². The third-order valence-electron chi connectivity index (χ3n) is 5.70. The number of anilines is 3. The molecule has 34 heavy (non-hydrogen) atoms. The van der Waals surface area contributed by atoms with Crippen LogP contribution in [0.1, 0.15) is 17.3 Å². The highest BCUT2D eigenvalue weighted by Gasteiger charge is 2.19. The highest BCUT2D eigenvalue weighted by Crippen LogP contribution is 2.21. The minimum atomic E-state index is -0.538. The summed E-state index contributed by atoms with van der Waals surface area (Å²) >= 11 is 0. The summed E-state index contributed by atoms with van der Waals surface area (Å²) in [5, 5.41) is 5.72. The molecule has 0 bridgehead atoms. The molecule has 0 spiro atoms. The molecule has 1 aliphatic heterocycles. The first kappa shape index (κ1) is 24.9. The van der Waals surface area contributed by atoms with E-state index in [2.05, 4.69) is 25.4 Å². The Morgan fingerprint density at radius 1 is 1.15 bits per heavy atom. The number of amides is 1. The Bertz CT molecular complexity index is 1080. The Hall–Kier alpha value is -3.76. The molecule has 3 rings (SSSR count). The predicted molar refractivity (Wildman–Crippen MR) is 136 cm³/mol. The maximum Gasteiger partial charge on any atom is 0.263 e. The molecule has 1 aliphatic rings. The number of methoxy groups -OCH3 is 1. The Labute approximate surface area is 199 Å². The number of aromatic nitrogens is 1. The van der Waals surface area contributed by atoms with Gasteiger partial charge in [-0.25, -0.2) is 0 Å². The minimum absolute atomic E-state index is 0.0637. The van der Waals surface area contributed by atoms with Gasteiger partial charge in [-0.15, -0.1) is 0 Å². The van der Waals surface area contributed by atoms with E-state index in [0.717, 1.165) is 45.0 Å². The van der Waals surface area contributed by atoms with Crippen molar-refractivity contribution >= 4 is 23.0 Å². The average molecular weight is 468 g/mol. The molecule has 1 aromatic carbocycles. The van der Waals surface area contributed by atoms with Gasteiger partial charge in [0.05, 0.1) is 12.3 Å². The van der Waals surface area contributed by atoms with E-state index in [1.54, 1.807) is 26.2 Å². The quantitative estimate of drug-likeness (QED) is 0.349. The molecule has 0 atom stereocenters. The maximum atomic E-state index is 13.0. The monoisotopic (exact) mass is 467 g/mol. The number of hydrogen-bond donors (Lipinski definition) is 5. The van der Waals surface area contributed by atoms with Crippen LogP contribution >= 0.6 is 0 Å². The molecule has 2 heterocycles. The summed E-state index contributed by atoms with van der Waals surface area (Å²) < 4.78 is 5.16. The predicted octanol–water partition coefficient (Wildman–Crippen LogP) is 1.47. The number of piperazine rings is 1. The maximum absolute atomic E-state index is 13.0. The van der Waals surface area contributed by atoms with Crippen LogP contribution in [0, 0.1) is 0 Å². The lowest BCUT2D eigenvalue weighted by molar-refractivity contribution is 0.102. The van der Waals surface area contributed by atoms with E-state index in [4.69, 9.17) is 16.2 Å². The number of aromatic amines is 1. The molecule has 7 N–H and O–H groups in total. The summed E-state index contributed by atoms with van der Waals surface area (Å²) in [6.07, 6.45) is 4.43. The Morgan fingerprint density at radius 3 is 2.50 bits per heavy atom. The molecule has 0 saturated carbocycles. The number of pyridine rings is 1. The number of ether oxygens (including phenoxy) is 1. The topological polar surface area (TPSA) is 142 Å². The smallest absolute Gasteiger partial charge is 0.263 e. The summed E-state index contributed by atoms with van der Waals surface area (Å²) in [5.41, 5.74) is 13.5. The summed E-state index contributed by atoms with van der Waals surface area (Å²) in [6, 6.07) is 9.19. The number of hydrogen-bond acceptors (Lipinski definition) is 8. The van der Waals surface area contributed by atoms with Crippen molar-refractivity contribution in [3.05, 3.63) is 76.1 Å². The van der Waals surface area contributed by atoms with Crippen LogP contribution in [0.4, 0.5) is 17.1 Å². The number of carbonyl (C=O) groups excluding carboxylic acids is 1. The lowest BCUT2D eigenvalue weighted by atomic mass is 10.2. The number of nitrogens with one attached hydrogen (secondary N) is 3. The first-order valence-electron chi connectivity index (χ1n) is 11.1. The van der Waals surface area contributed by atoms with Crippen LogP contribution in [0.15, 0.2) is 65.0 Å². The van der Waals surface area contributed by atoms with Crippen molar-refractivity contribution in [3.8, 4) is 0 Å². The van der Waals surface area contributed by atoms with E-state index >= 15 is 0 Å². The van der Waals surface area contributed by atoms with E-state index in [9.17, 15) is 9.59 Å². The molecule has 10 nitrogen and oxygen atoms in total. The molecule has 1 fully saturated rings. The Kier molecular flexibility index (Phi) is 8.72. The molecule has 1 amide bonds. The van der Waals surface area contributed by atoms with Crippen LogP contribution in [0.5, 0.6) is 0 Å². The third kappa shape index (κ3) is 6.40. The van der Waals surface area contributed by atoms with Crippen LogP contribution in [-0.2, 0) is 4.74 Å². The summed E-state index contributed by atoms with van der Waals surface area (Å²) in [6.45, 7) is 7.26. The zero-order valence-corrected chi connectivity index (χ0v) is 19.6. The lowest BCUT2D eigenvalue weighted by Crippen LogP contribution is -2.47. The van der Waals surface area contributed by atoms with Crippen molar-refractivity contribution < 1.29 is 9.53 Å². The summed E-state index contributed by atoms with van der Waals surface area (Å²) in [7, 11) is 1.72. The van der Waals surface area contributed by atoms with Gasteiger partial charge in [0.25, 0.3) is 11.5 Å². The van der Waals surface area contributed by atoms with Gasteiger partial charge in [0.2, 0.25) is 0 Å². The van der Waals surface area contributed by atoms with Gasteiger partial charge < -0.3 is 36.7 Å². The van der Waals surface area contributed by atoms with E-state index in [0.29, 0.717) is 16.9 Å². The molecule has 0 unspecified atom stereocenters. The second-order valence-electron chi connectivity index (χ2n) is 8.00. The van der Waals surface area contributed by atoms with Gasteiger partial charge in [0.15, 0.2) is 0 Å². The number of carbonyl (C=O) groups is 1. The van der Waals surface area contributed by atoms with Crippen LogP contribution in [0.3, 0.4) is 0 Å². The van der Waals surface area contributed by atoms with Gasteiger partial charge >= 0.3 is 0 Å². The number of H-pyrrole nitrogens is 1. The summed E-state index contributed by atoms with van der Waals surface area (Å²) in [5.74, 6) is -0.253. The van der Waals surface area contributed by atoms with Crippen LogP contribution < -0.4 is 32.6 Å². The lowest BCUT2D eigenvalue weighted by Gasteiger charge is -2.36. The standard InChI is InChI=1S/C24H33N7O3/c1-17(7-9-25)22(26)29-20-8-10-27-23(32)21(20)24(33)28-18-3-5-19(6-4-18)31-13-11-30(12-14-31)15-16-34-2/h3-10H,11-16,25-26H2,1-2H3,(H,28,33)(H2,27,29,32)/b9-7-,22-17+. The minimum Gasteiger partial charge on any atom is -0.405 e. The van der Waals surface area contributed by atoms with Crippen molar-refractivity contribution in [3.63, 3.8) is 0 Å².